The van der Waals surface area contributed by atoms with E-state index in [1.54, 1.807) is 0 Å². The second-order valence-corrected chi connectivity index (χ2v) is 5.91. The van der Waals surface area contributed by atoms with Gasteiger partial charge in [0.2, 0.25) is 0 Å². The van der Waals surface area contributed by atoms with E-state index in [4.69, 9.17) is 4.98 Å². The predicted octanol–water partition coefficient (Wildman–Crippen LogP) is 3.11. The van der Waals surface area contributed by atoms with E-state index in [0.717, 1.165) is 11.6 Å². The Morgan fingerprint density at radius 1 is 1.44 bits per heavy atom. The van der Waals surface area contributed by atoms with Gasteiger partial charge in [-0.25, -0.2) is 4.98 Å². The van der Waals surface area contributed by atoms with Crippen LogP contribution >= 0.6 is 11.3 Å². The van der Waals surface area contributed by atoms with Crippen LogP contribution in [0.1, 0.15) is 34.9 Å². The Morgan fingerprint density at radius 2 is 2.28 bits per heavy atom. The summed E-state index contributed by atoms with van der Waals surface area (Å²) < 4.78 is 0. The molecule has 4 heteroatoms. The van der Waals surface area contributed by atoms with Crippen molar-refractivity contribution < 1.29 is 0 Å². The first-order valence-corrected chi connectivity index (χ1v) is 7.16. The summed E-state index contributed by atoms with van der Waals surface area (Å²) in [6, 6.07) is 2.06. The summed E-state index contributed by atoms with van der Waals surface area (Å²) in [6.07, 6.45) is 6.36. The van der Waals surface area contributed by atoms with E-state index in [0.29, 0.717) is 5.92 Å². The lowest BCUT2D eigenvalue weighted by molar-refractivity contribution is 0.813. The first-order valence-electron chi connectivity index (χ1n) is 6.34. The van der Waals surface area contributed by atoms with Gasteiger partial charge < -0.3 is 5.32 Å². The molecule has 0 unspecified atom stereocenters. The Balaban J connectivity index is 2.02. The van der Waals surface area contributed by atoms with Gasteiger partial charge in [0.05, 0.1) is 5.69 Å². The first-order chi connectivity index (χ1) is 8.79. The van der Waals surface area contributed by atoms with Gasteiger partial charge in [-0.05, 0) is 38.4 Å². The van der Waals surface area contributed by atoms with Crippen molar-refractivity contribution in [2.45, 2.75) is 32.2 Å². The summed E-state index contributed by atoms with van der Waals surface area (Å²) in [6.45, 7) is 3.02. The Bertz CT molecular complexity index is 558. The molecule has 2 aromatic heterocycles. The van der Waals surface area contributed by atoms with Crippen molar-refractivity contribution in [1.82, 2.24) is 15.3 Å². The summed E-state index contributed by atoms with van der Waals surface area (Å²) >= 11 is 1.82. The standard InChI is InChI=1S/C14H17N3S/c1-9-7-16-6-5-11(9)14-17-13(10-3-4-10)12(18-14)8-15-2/h5-7,10,15H,3-4,8H2,1-2H3. The highest BCUT2D eigenvalue weighted by molar-refractivity contribution is 7.15. The van der Waals surface area contributed by atoms with E-state index >= 15 is 0 Å². The third-order valence-electron chi connectivity index (χ3n) is 3.28. The number of nitrogens with zero attached hydrogens (tertiary/aromatic N) is 2. The molecule has 1 fully saturated rings. The number of hydrogen-bond donors (Lipinski definition) is 1. The Kier molecular flexibility index (Phi) is 3.14. The summed E-state index contributed by atoms with van der Waals surface area (Å²) in [4.78, 5) is 10.4. The van der Waals surface area contributed by atoms with Gasteiger partial charge in [0.1, 0.15) is 5.01 Å². The molecule has 94 valence electrons. The third-order valence-corrected chi connectivity index (χ3v) is 4.38. The molecule has 0 aromatic carbocycles. The normalized spacial score (nSPS) is 15.0. The lowest BCUT2D eigenvalue weighted by Gasteiger charge is -1.99. The van der Waals surface area contributed by atoms with Crippen LogP contribution in [-0.2, 0) is 6.54 Å². The number of aromatic nitrogens is 2. The molecule has 0 spiro atoms. The number of rotatable bonds is 4. The fraction of sp³-hybridized carbons (Fsp3) is 0.429. The van der Waals surface area contributed by atoms with Gasteiger partial charge in [0, 0.05) is 35.3 Å². The maximum atomic E-state index is 4.87. The highest BCUT2D eigenvalue weighted by atomic mass is 32.1. The molecule has 3 nitrogen and oxygen atoms in total. The molecule has 18 heavy (non-hydrogen) atoms. The molecule has 3 rings (SSSR count). The molecule has 2 aromatic rings. The first kappa shape index (κ1) is 11.8. The molecule has 0 radical (unpaired) electrons. The Labute approximate surface area is 111 Å². The lowest BCUT2D eigenvalue weighted by Crippen LogP contribution is -2.05. The zero-order valence-electron chi connectivity index (χ0n) is 10.7. The van der Waals surface area contributed by atoms with Gasteiger partial charge in [-0.15, -0.1) is 11.3 Å². The van der Waals surface area contributed by atoms with Gasteiger partial charge in [-0.2, -0.15) is 0 Å². The number of thiazole rings is 1. The van der Waals surface area contributed by atoms with Gasteiger partial charge in [-0.3, -0.25) is 4.98 Å². The van der Waals surface area contributed by atoms with Crippen LogP contribution in [0.25, 0.3) is 10.6 Å². The summed E-state index contributed by atoms with van der Waals surface area (Å²) in [5.74, 6) is 0.709. The van der Waals surface area contributed by atoms with Crippen LogP contribution < -0.4 is 5.32 Å². The molecule has 1 aliphatic rings. The van der Waals surface area contributed by atoms with E-state index in [2.05, 4.69) is 23.3 Å². The molecule has 0 amide bonds. The van der Waals surface area contributed by atoms with Crippen LogP contribution in [0.5, 0.6) is 0 Å². The highest BCUT2D eigenvalue weighted by Gasteiger charge is 2.29. The number of nitrogens with one attached hydrogen (secondary N) is 1. The van der Waals surface area contributed by atoms with Gasteiger partial charge >= 0.3 is 0 Å². The highest BCUT2D eigenvalue weighted by Crippen LogP contribution is 2.44. The van der Waals surface area contributed by atoms with Crippen molar-refractivity contribution in [3.8, 4) is 10.6 Å². The molecular weight excluding hydrogens is 242 g/mol. The van der Waals surface area contributed by atoms with E-state index in [1.807, 2.05) is 30.8 Å². The molecular formula is C14H17N3S. The SMILES string of the molecule is CNCc1sc(-c2ccncc2C)nc1C1CC1. The zero-order chi connectivity index (χ0) is 12.5. The minimum atomic E-state index is 0.709. The van der Waals surface area contributed by atoms with Crippen molar-refractivity contribution >= 4 is 11.3 Å². The van der Waals surface area contributed by atoms with Crippen LogP contribution in [-0.4, -0.2) is 17.0 Å². The van der Waals surface area contributed by atoms with Crippen LogP contribution in [0.4, 0.5) is 0 Å². The lowest BCUT2D eigenvalue weighted by atomic mass is 10.2. The van der Waals surface area contributed by atoms with Gasteiger partial charge in [0.25, 0.3) is 0 Å². The number of hydrogen-bond acceptors (Lipinski definition) is 4. The third kappa shape index (κ3) is 2.18. The molecule has 1 saturated carbocycles. The van der Waals surface area contributed by atoms with Crippen molar-refractivity contribution in [2.75, 3.05) is 7.05 Å². The topological polar surface area (TPSA) is 37.8 Å². The summed E-state index contributed by atoms with van der Waals surface area (Å²) in [7, 11) is 1.99. The Morgan fingerprint density at radius 3 is 2.94 bits per heavy atom. The van der Waals surface area contributed by atoms with Gasteiger partial charge in [0.15, 0.2) is 0 Å². The van der Waals surface area contributed by atoms with Crippen molar-refractivity contribution in [2.24, 2.45) is 0 Å². The fourth-order valence-corrected chi connectivity index (χ4v) is 3.40. The maximum absolute atomic E-state index is 4.87. The minimum absolute atomic E-state index is 0.709. The van der Waals surface area contributed by atoms with Gasteiger partial charge in [-0.1, -0.05) is 0 Å². The van der Waals surface area contributed by atoms with E-state index in [9.17, 15) is 0 Å². The van der Waals surface area contributed by atoms with Crippen molar-refractivity contribution in [3.05, 3.63) is 34.6 Å². The number of pyridine rings is 1. The summed E-state index contributed by atoms with van der Waals surface area (Å²) in [5.41, 5.74) is 3.74. The molecule has 0 aliphatic heterocycles. The molecule has 0 saturated heterocycles. The van der Waals surface area contributed by atoms with Crippen molar-refractivity contribution in [3.63, 3.8) is 0 Å². The molecule has 1 N–H and O–H groups in total. The second kappa shape index (κ2) is 4.78. The molecule has 1 aliphatic carbocycles. The second-order valence-electron chi connectivity index (χ2n) is 4.82. The molecule has 2 heterocycles. The predicted molar refractivity (Wildman–Crippen MR) is 74.8 cm³/mol. The van der Waals surface area contributed by atoms with Crippen molar-refractivity contribution in [1.29, 1.82) is 0 Å². The average Bonchev–Trinajstić information content (AvgIpc) is 3.13. The van der Waals surface area contributed by atoms with E-state index in [1.165, 1.54) is 34.5 Å². The maximum Gasteiger partial charge on any atom is 0.124 e. The fourth-order valence-electron chi connectivity index (χ4n) is 2.16. The average molecular weight is 259 g/mol. The van der Waals surface area contributed by atoms with Crippen LogP contribution in [0.2, 0.25) is 0 Å². The molecule has 0 atom stereocenters. The van der Waals surface area contributed by atoms with E-state index < -0.39 is 0 Å². The molecule has 0 bridgehead atoms. The largest absolute Gasteiger partial charge is 0.315 e. The minimum Gasteiger partial charge on any atom is -0.315 e. The Hall–Kier alpha value is -1.26. The van der Waals surface area contributed by atoms with Crippen LogP contribution in [0, 0.1) is 6.92 Å². The quantitative estimate of drug-likeness (QED) is 0.916. The van der Waals surface area contributed by atoms with Crippen LogP contribution in [0.3, 0.4) is 0 Å². The summed E-state index contributed by atoms with van der Waals surface area (Å²) in [5, 5.41) is 4.39. The van der Waals surface area contributed by atoms with Crippen LogP contribution in [0.15, 0.2) is 18.5 Å². The monoisotopic (exact) mass is 259 g/mol. The number of aryl methyl sites for hydroxylation is 1. The van der Waals surface area contributed by atoms with E-state index in [-0.39, 0.29) is 0 Å². The zero-order valence-corrected chi connectivity index (χ0v) is 11.5. The smallest absolute Gasteiger partial charge is 0.124 e.